The molecule has 0 saturated carbocycles. The quantitative estimate of drug-likeness (QED) is 0.154. The van der Waals surface area contributed by atoms with Gasteiger partial charge in [0.25, 0.3) is 0 Å². The molecule has 0 aliphatic heterocycles. The molecule has 0 aliphatic carbocycles. The molecule has 0 atom stereocenters. The maximum Gasteiger partial charge on any atom is 0.107 e. The van der Waals surface area contributed by atoms with Crippen molar-refractivity contribution in [2.45, 2.75) is 13.8 Å². The van der Waals surface area contributed by atoms with E-state index < -0.39 is 0 Å². The molecule has 4 aromatic carbocycles. The summed E-state index contributed by atoms with van der Waals surface area (Å²) in [7, 11) is 0. The molecule has 35 heavy (non-hydrogen) atoms. The summed E-state index contributed by atoms with van der Waals surface area (Å²) >= 11 is 0. The second-order valence-corrected chi connectivity index (χ2v) is 8.54. The van der Waals surface area contributed by atoms with E-state index in [1.54, 1.807) is 12.4 Å². The number of aryl methyl sites for hydroxylation is 2. The summed E-state index contributed by atoms with van der Waals surface area (Å²) in [4.78, 5) is 13.6. The predicted molar refractivity (Wildman–Crippen MR) is 136 cm³/mol. The largest absolute Gasteiger partial charge is 0.304 e. The number of fused-ring (bicyclic) bond motifs is 4. The fourth-order valence-corrected chi connectivity index (χ4v) is 4.78. The minimum absolute atomic E-state index is 0. The first-order valence-corrected chi connectivity index (χ1v) is 11.1. The van der Waals surface area contributed by atoms with E-state index in [1.165, 1.54) is 10.9 Å². The first-order valence-electron chi connectivity index (χ1n) is 11.1. The van der Waals surface area contributed by atoms with Crippen LogP contribution in [0.1, 0.15) is 16.7 Å². The predicted octanol–water partition coefficient (Wildman–Crippen LogP) is 6.95. The van der Waals surface area contributed by atoms with Crippen LogP contribution in [-0.2, 0) is 20.1 Å². The van der Waals surface area contributed by atoms with Crippen molar-refractivity contribution in [1.82, 2.24) is 15.0 Å². The first-order chi connectivity index (χ1) is 16.6. The van der Waals surface area contributed by atoms with Crippen LogP contribution < -0.4 is 0 Å². The summed E-state index contributed by atoms with van der Waals surface area (Å²) in [6, 6.07) is 26.5. The Bertz CT molecular complexity index is 1780. The Morgan fingerprint density at radius 1 is 0.743 bits per heavy atom. The smallest absolute Gasteiger partial charge is 0.107 e. The normalized spacial score (nSPS) is 10.9. The van der Waals surface area contributed by atoms with Gasteiger partial charge in [0.05, 0.1) is 11.1 Å². The van der Waals surface area contributed by atoms with Crippen molar-refractivity contribution in [2.75, 3.05) is 0 Å². The average molecular weight is 628 g/mol. The van der Waals surface area contributed by atoms with Crippen LogP contribution in [0.4, 0.5) is 0 Å². The molecule has 0 fully saturated rings. The van der Waals surface area contributed by atoms with Crippen molar-refractivity contribution >= 4 is 32.6 Å². The molecule has 2 aromatic heterocycles. The number of aromatic nitrogens is 3. The number of nitrogens with zero attached hydrogens (tertiary/aromatic N) is 4. The van der Waals surface area contributed by atoms with Crippen LogP contribution in [0.3, 0.4) is 0 Å². The van der Waals surface area contributed by atoms with Gasteiger partial charge in [0, 0.05) is 44.3 Å². The van der Waals surface area contributed by atoms with E-state index in [4.69, 9.17) is 4.98 Å². The third kappa shape index (κ3) is 3.87. The summed E-state index contributed by atoms with van der Waals surface area (Å²) in [6.07, 6.45) is 5.17. The zero-order chi connectivity index (χ0) is 23.2. The third-order valence-corrected chi connectivity index (χ3v) is 6.22. The van der Waals surface area contributed by atoms with Crippen LogP contribution in [0.5, 0.6) is 0 Å². The summed E-state index contributed by atoms with van der Waals surface area (Å²) in [5.41, 5.74) is 8.17. The topological polar surface area (TPSA) is 62.5 Å². The van der Waals surface area contributed by atoms with E-state index in [0.29, 0.717) is 11.1 Å². The van der Waals surface area contributed by atoms with E-state index in [9.17, 15) is 5.26 Å². The summed E-state index contributed by atoms with van der Waals surface area (Å²) in [6.45, 7) is 4.17. The van der Waals surface area contributed by atoms with Gasteiger partial charge in [-0.2, -0.15) is 5.26 Å². The Morgan fingerprint density at radius 2 is 1.54 bits per heavy atom. The average Bonchev–Trinajstić information content (AvgIpc) is 2.86. The maximum absolute atomic E-state index is 9.45. The summed E-state index contributed by atoms with van der Waals surface area (Å²) in [5, 5.41) is 14.0. The van der Waals surface area contributed by atoms with Crippen molar-refractivity contribution in [3.05, 3.63) is 102 Å². The molecule has 6 rings (SSSR count). The van der Waals surface area contributed by atoms with Crippen molar-refractivity contribution in [1.29, 1.82) is 5.26 Å². The molecule has 0 aliphatic rings. The minimum atomic E-state index is 0. The molecular formula is C30H19IrN4-. The number of nitriles is 1. The SMILES string of the molecule is Cc1[c-]c(-c2nccc3c2ccc2cc(-c4ccc(C#N)c5nccnc45)ccc23)cc(C)c1.[Ir]. The third-order valence-electron chi connectivity index (χ3n) is 6.22. The number of benzene rings is 4. The van der Waals surface area contributed by atoms with E-state index in [1.807, 2.05) is 18.3 Å². The van der Waals surface area contributed by atoms with Crippen LogP contribution in [0, 0.1) is 31.2 Å². The molecule has 6 aromatic rings. The molecule has 2 heterocycles. The van der Waals surface area contributed by atoms with Crippen LogP contribution in [0.25, 0.3) is 55.0 Å². The first kappa shape index (κ1) is 22.8. The second kappa shape index (κ2) is 9.00. The molecule has 1 radical (unpaired) electrons. The fraction of sp³-hybridized carbons (Fsp3) is 0.0667. The molecule has 0 unspecified atom stereocenters. The van der Waals surface area contributed by atoms with Crippen LogP contribution in [-0.4, -0.2) is 15.0 Å². The second-order valence-electron chi connectivity index (χ2n) is 8.54. The summed E-state index contributed by atoms with van der Waals surface area (Å²) < 4.78 is 0. The molecular weight excluding hydrogens is 609 g/mol. The van der Waals surface area contributed by atoms with Gasteiger partial charge in [-0.05, 0) is 51.0 Å². The molecule has 0 saturated heterocycles. The number of hydrogen-bond donors (Lipinski definition) is 0. The Kier molecular flexibility index (Phi) is 5.86. The van der Waals surface area contributed by atoms with Crippen molar-refractivity contribution in [3.63, 3.8) is 0 Å². The Morgan fingerprint density at radius 3 is 2.34 bits per heavy atom. The van der Waals surface area contributed by atoms with Gasteiger partial charge in [-0.1, -0.05) is 44.2 Å². The van der Waals surface area contributed by atoms with Gasteiger partial charge in [-0.25, -0.2) is 0 Å². The minimum Gasteiger partial charge on any atom is -0.304 e. The molecule has 0 N–H and O–H groups in total. The fourth-order valence-electron chi connectivity index (χ4n) is 4.78. The molecule has 5 heteroatoms. The van der Waals surface area contributed by atoms with Gasteiger partial charge in [0.15, 0.2) is 0 Å². The Hall–Kier alpha value is -3.97. The number of pyridine rings is 1. The molecule has 0 amide bonds. The van der Waals surface area contributed by atoms with Crippen molar-refractivity contribution in [3.8, 4) is 28.5 Å². The van der Waals surface area contributed by atoms with E-state index >= 15 is 0 Å². The summed E-state index contributed by atoms with van der Waals surface area (Å²) in [5.74, 6) is 0. The Balaban J connectivity index is 0.00000253. The van der Waals surface area contributed by atoms with Crippen molar-refractivity contribution < 1.29 is 20.1 Å². The molecule has 0 bridgehead atoms. The molecule has 0 spiro atoms. The zero-order valence-electron chi connectivity index (χ0n) is 19.1. The number of rotatable bonds is 2. The van der Waals surface area contributed by atoms with Crippen molar-refractivity contribution in [2.24, 2.45) is 0 Å². The Labute approximate surface area is 216 Å². The van der Waals surface area contributed by atoms with E-state index in [-0.39, 0.29) is 20.1 Å². The van der Waals surface area contributed by atoms with Gasteiger partial charge in [0.1, 0.15) is 11.6 Å². The van der Waals surface area contributed by atoms with Gasteiger partial charge in [-0.15, -0.1) is 34.9 Å². The van der Waals surface area contributed by atoms with Gasteiger partial charge in [-0.3, -0.25) is 9.97 Å². The van der Waals surface area contributed by atoms with Crippen LogP contribution in [0.15, 0.2) is 79.3 Å². The molecule has 169 valence electrons. The van der Waals surface area contributed by atoms with Gasteiger partial charge in [0.2, 0.25) is 0 Å². The maximum atomic E-state index is 9.45. The monoisotopic (exact) mass is 628 g/mol. The zero-order valence-corrected chi connectivity index (χ0v) is 21.5. The standard InChI is InChI=1S/C30H19N4.Ir/c1-18-13-19(2)15-23(14-18)28-27-8-4-20-16-21(3-6-24(20)26(27)9-10-32-28)25-7-5-22(17-31)29-30(25)34-12-11-33-29;/h3-14,16H,1-2H3;/q-1;. The van der Waals surface area contributed by atoms with Crippen LogP contribution in [0.2, 0.25) is 0 Å². The molecule has 4 nitrogen and oxygen atoms in total. The van der Waals surface area contributed by atoms with Gasteiger partial charge >= 0.3 is 0 Å². The van der Waals surface area contributed by atoms with E-state index in [0.717, 1.165) is 49.6 Å². The van der Waals surface area contributed by atoms with Gasteiger partial charge < -0.3 is 4.98 Å². The van der Waals surface area contributed by atoms with Crippen LogP contribution >= 0.6 is 0 Å². The number of hydrogen-bond acceptors (Lipinski definition) is 4. The van der Waals surface area contributed by atoms with E-state index in [2.05, 4.69) is 84.5 Å².